The number of benzene rings is 1. The van der Waals surface area contributed by atoms with Crippen molar-refractivity contribution in [3.05, 3.63) is 82.5 Å². The number of thiazole rings is 1. The van der Waals surface area contributed by atoms with Gasteiger partial charge in [0.15, 0.2) is 0 Å². The molecule has 17 heteroatoms. The van der Waals surface area contributed by atoms with Gasteiger partial charge in [-0.3, -0.25) is 29.3 Å². The Morgan fingerprint density at radius 3 is 2.65 bits per heavy atom. The molecule has 5 aliphatic rings. The van der Waals surface area contributed by atoms with Crippen molar-refractivity contribution in [2.45, 2.75) is 122 Å². The Morgan fingerprint density at radius 1 is 1.10 bits per heavy atom. The van der Waals surface area contributed by atoms with E-state index in [1.54, 1.807) is 19.4 Å². The molecule has 2 N–H and O–H groups in total. The molecule has 0 radical (unpaired) electrons. The van der Waals surface area contributed by atoms with Gasteiger partial charge in [-0.1, -0.05) is 26.8 Å². The molecule has 68 heavy (non-hydrogen) atoms. The van der Waals surface area contributed by atoms with E-state index in [0.717, 1.165) is 57.8 Å². The van der Waals surface area contributed by atoms with Crippen LogP contribution in [0.25, 0.3) is 33.4 Å². The zero-order valence-electron chi connectivity index (χ0n) is 39.9. The third kappa shape index (κ3) is 9.19. The van der Waals surface area contributed by atoms with E-state index in [0.29, 0.717) is 36.0 Å². The van der Waals surface area contributed by atoms with Gasteiger partial charge in [0.25, 0.3) is 5.91 Å². The molecular formula is C51H62FN9O6S. The van der Waals surface area contributed by atoms with E-state index in [-0.39, 0.29) is 49.6 Å². The average molecular weight is 948 g/mol. The van der Waals surface area contributed by atoms with Crippen LogP contribution in [-0.4, -0.2) is 116 Å². The highest BCUT2D eigenvalue weighted by Crippen LogP contribution is 2.53. The summed E-state index contributed by atoms with van der Waals surface area (Å²) in [5, 5.41) is 7.81. The van der Waals surface area contributed by atoms with Crippen molar-refractivity contribution in [3.8, 4) is 22.5 Å². The molecule has 4 fully saturated rings. The lowest BCUT2D eigenvalue weighted by Gasteiger charge is -2.42. The quantitative estimate of drug-likeness (QED) is 0.127. The van der Waals surface area contributed by atoms with Crippen molar-refractivity contribution in [3.63, 3.8) is 0 Å². The highest BCUT2D eigenvalue weighted by Gasteiger charge is 2.55. The molecule has 1 aromatic carbocycles. The number of ether oxygens (including phenoxy) is 3. The molecule has 0 unspecified atom stereocenters. The minimum absolute atomic E-state index is 0.0592. The maximum absolute atomic E-state index is 15.5. The lowest BCUT2D eigenvalue weighted by Crippen LogP contribution is -2.61. The molecule has 0 spiro atoms. The number of aromatic nitrogens is 5. The fourth-order valence-corrected chi connectivity index (χ4v) is 11.4. The topological polar surface area (TPSA) is 166 Å². The maximum atomic E-state index is 15.5. The monoisotopic (exact) mass is 947 g/mol. The number of halogens is 1. The van der Waals surface area contributed by atoms with E-state index in [1.807, 2.05) is 31.5 Å². The number of amides is 2. The minimum Gasteiger partial charge on any atom is -0.464 e. The molecule has 5 aromatic rings. The van der Waals surface area contributed by atoms with Crippen molar-refractivity contribution in [1.29, 1.82) is 0 Å². The molecule has 2 saturated heterocycles. The molecule has 10 rings (SSSR count). The third-order valence-corrected chi connectivity index (χ3v) is 15.3. The molecule has 4 aromatic heterocycles. The number of carbonyl (C=O) groups is 3. The molecular weight excluding hydrogens is 886 g/mol. The molecule has 2 amide bonds. The minimum atomic E-state index is -1.78. The molecule has 2 saturated carbocycles. The summed E-state index contributed by atoms with van der Waals surface area (Å²) in [6.07, 6.45) is 7.43. The Bertz CT molecular complexity index is 2690. The highest BCUT2D eigenvalue weighted by molar-refractivity contribution is 7.10. The lowest BCUT2D eigenvalue weighted by molar-refractivity contribution is -0.157. The number of hydrogen-bond donors (Lipinski definition) is 2. The van der Waals surface area contributed by atoms with Crippen LogP contribution >= 0.6 is 11.3 Å². The van der Waals surface area contributed by atoms with Gasteiger partial charge in [-0.05, 0) is 94.7 Å². The zero-order chi connectivity index (χ0) is 47.6. The number of alkyl halides is 1. The SMILES string of the molecule is CO[C@@H](C)c1ncccc1-c1c2c3cc(ccc3n1C1CN(C3CC3)C1)-c1csc(n1)[C@@H](OCC(C)(C)F)[C@H](NC(=O)[C@@H]1[C@@H](C)[C@H]1c1ccncn1)C(=O)N1CCC[C@H](N1)C(=O)OCC(C)(C)C2. The second-order valence-electron chi connectivity index (χ2n) is 20.9. The summed E-state index contributed by atoms with van der Waals surface area (Å²) in [7, 11) is 1.70. The summed E-state index contributed by atoms with van der Waals surface area (Å²) >= 11 is 1.29. The molecule has 7 heterocycles. The van der Waals surface area contributed by atoms with Gasteiger partial charge >= 0.3 is 5.97 Å². The van der Waals surface area contributed by atoms with Gasteiger partial charge in [-0.15, -0.1) is 11.3 Å². The van der Waals surface area contributed by atoms with Gasteiger partial charge in [0.2, 0.25) is 5.91 Å². The van der Waals surface area contributed by atoms with Crippen molar-refractivity contribution < 1.29 is 33.0 Å². The molecule has 3 aliphatic heterocycles. The summed E-state index contributed by atoms with van der Waals surface area (Å²) < 4.78 is 36.5. The summed E-state index contributed by atoms with van der Waals surface area (Å²) in [5.41, 5.74) is 8.18. The lowest BCUT2D eigenvalue weighted by atomic mass is 9.84. The number of nitrogens with one attached hydrogen (secondary N) is 2. The number of methoxy groups -OCH3 is 1. The average Bonchev–Trinajstić information content (AvgIpc) is 4.19. The van der Waals surface area contributed by atoms with Crippen LogP contribution in [-0.2, 0) is 35.0 Å². The smallest absolute Gasteiger partial charge is 0.324 e. The van der Waals surface area contributed by atoms with Crippen LogP contribution in [0.5, 0.6) is 0 Å². The first-order chi connectivity index (χ1) is 32.6. The van der Waals surface area contributed by atoms with E-state index in [4.69, 9.17) is 24.2 Å². The Labute approximate surface area is 400 Å². The van der Waals surface area contributed by atoms with Gasteiger partial charge < -0.3 is 24.1 Å². The number of cyclic esters (lactones) is 1. The standard InChI is InChI=1S/C51H62FN9O6S/c1-28-40(36-16-18-53-27-55-36)41(28)46(62)57-43-45(66-26-51(5,6)52)47-56-38(24-68-47)30-12-15-39-34(20-30)35(21-50(3,4)25-67-49(64)37-11-9-19-60(58-37)48(43)63)44(33-10-8-17-54-42(33)29(2)65-7)61(39)32-22-59(23-32)31-13-14-31/h8,10,12,15-18,20,24,27-29,31-32,37,40-41,43,45,58H,9,11,13-14,19,21-23,25-26H2,1-7H3,(H,57,62)/t28-,29-,37-,40-,41+,43-,45-/m0/s1. The number of rotatable bonds is 11. The van der Waals surface area contributed by atoms with Crippen molar-refractivity contribution in [1.82, 2.24) is 45.2 Å². The number of hydrazine groups is 1. The first-order valence-electron chi connectivity index (χ1n) is 24.0. The molecule has 6 bridgehead atoms. The first-order valence-corrected chi connectivity index (χ1v) is 24.9. The molecule has 7 atom stereocenters. The normalized spacial score (nSPS) is 26.2. The van der Waals surface area contributed by atoms with E-state index in [2.05, 4.69) is 68.3 Å². The molecule has 2 aliphatic carbocycles. The van der Waals surface area contributed by atoms with Crippen LogP contribution in [0, 0.1) is 17.3 Å². The van der Waals surface area contributed by atoms with E-state index >= 15 is 9.18 Å². The summed E-state index contributed by atoms with van der Waals surface area (Å²) in [5.74, 6) is -2.08. The summed E-state index contributed by atoms with van der Waals surface area (Å²) in [6.45, 7) is 12.9. The number of esters is 1. The number of likely N-dealkylation sites (tertiary alicyclic amines) is 1. The Morgan fingerprint density at radius 2 is 1.91 bits per heavy atom. The first kappa shape index (κ1) is 46.5. The third-order valence-electron chi connectivity index (χ3n) is 14.4. The van der Waals surface area contributed by atoms with Crippen molar-refractivity contribution >= 4 is 40.0 Å². The second kappa shape index (κ2) is 18.3. The predicted molar refractivity (Wildman–Crippen MR) is 255 cm³/mol. The van der Waals surface area contributed by atoms with E-state index < -0.39 is 47.1 Å². The summed E-state index contributed by atoms with van der Waals surface area (Å²) in [4.78, 5) is 64.6. The number of carbonyl (C=O) groups excluding carboxylic acids is 3. The van der Waals surface area contributed by atoms with Crippen LogP contribution in [0.2, 0.25) is 0 Å². The van der Waals surface area contributed by atoms with Crippen LogP contribution in [0.4, 0.5) is 4.39 Å². The van der Waals surface area contributed by atoms with Crippen LogP contribution in [0.1, 0.15) is 113 Å². The van der Waals surface area contributed by atoms with E-state index in [9.17, 15) is 9.59 Å². The van der Waals surface area contributed by atoms with Crippen molar-refractivity contribution in [2.75, 3.05) is 40.0 Å². The van der Waals surface area contributed by atoms with Crippen LogP contribution < -0.4 is 10.7 Å². The summed E-state index contributed by atoms with van der Waals surface area (Å²) in [6, 6.07) is 11.0. The fourth-order valence-electron chi connectivity index (χ4n) is 10.5. The van der Waals surface area contributed by atoms with Crippen LogP contribution in [0.15, 0.2) is 60.5 Å². The van der Waals surface area contributed by atoms with Gasteiger partial charge in [-0.25, -0.2) is 24.8 Å². The Kier molecular flexibility index (Phi) is 12.5. The number of hydrogen-bond acceptors (Lipinski definition) is 13. The predicted octanol–water partition coefficient (Wildman–Crippen LogP) is 7.30. The molecule has 15 nitrogen and oxygen atoms in total. The van der Waals surface area contributed by atoms with Gasteiger partial charge in [0, 0.05) is 95.5 Å². The van der Waals surface area contributed by atoms with Crippen molar-refractivity contribution in [2.24, 2.45) is 17.3 Å². The Balaban J connectivity index is 1.11. The second-order valence-corrected chi connectivity index (χ2v) is 21.8. The van der Waals surface area contributed by atoms with Gasteiger partial charge in [0.05, 0.1) is 42.4 Å². The highest BCUT2D eigenvalue weighted by atomic mass is 32.1. The van der Waals surface area contributed by atoms with E-state index in [1.165, 1.54) is 49.4 Å². The number of nitrogens with zero attached hydrogens (tertiary/aromatic N) is 7. The zero-order valence-corrected chi connectivity index (χ0v) is 40.7. The van der Waals surface area contributed by atoms with Crippen LogP contribution in [0.3, 0.4) is 0 Å². The number of pyridine rings is 1. The maximum Gasteiger partial charge on any atom is 0.324 e. The van der Waals surface area contributed by atoms with Gasteiger partial charge in [-0.2, -0.15) is 0 Å². The van der Waals surface area contributed by atoms with Gasteiger partial charge in [0.1, 0.15) is 35.2 Å². The Hall–Kier alpha value is -5.20. The largest absolute Gasteiger partial charge is 0.464 e. The number of fused-ring (bicyclic) bond motifs is 6. The molecule has 360 valence electrons. The fraction of sp³-hybridized carbons (Fsp3) is 0.549.